The van der Waals surface area contributed by atoms with Crippen molar-refractivity contribution in [3.8, 4) is 11.3 Å². The van der Waals surface area contributed by atoms with E-state index >= 15 is 0 Å². The summed E-state index contributed by atoms with van der Waals surface area (Å²) in [6.07, 6.45) is 2.72. The number of rotatable bonds is 6. The minimum absolute atomic E-state index is 0. The predicted octanol–water partition coefficient (Wildman–Crippen LogP) is 3.66. The molecule has 0 bridgehead atoms. The van der Waals surface area contributed by atoms with E-state index in [0.717, 1.165) is 17.3 Å². The molecule has 2 rings (SSSR count). The Hall–Kier alpha value is -2.72. The Labute approximate surface area is 179 Å². The topological polar surface area (TPSA) is 85.7 Å². The summed E-state index contributed by atoms with van der Waals surface area (Å²) in [7, 11) is 0. The van der Waals surface area contributed by atoms with Crippen molar-refractivity contribution in [3.63, 3.8) is 0 Å². The molecular weight excluding hydrogens is 541 g/mol. The minimum Gasteiger partial charge on any atom is -0.512 e. The molecule has 0 aliphatic carbocycles. The molecule has 1 N–H and O–H groups in total. The Morgan fingerprint density at radius 3 is 2.36 bits per heavy atom. The maximum atomic E-state index is 10.9. The monoisotopic (exact) mass is 563 g/mol. The van der Waals surface area contributed by atoms with Gasteiger partial charge in [-0.1, -0.05) is 18.7 Å². The number of esters is 2. The third kappa shape index (κ3) is 11.1. The molecule has 152 valence electrons. The second kappa shape index (κ2) is 14.4. The Morgan fingerprint density at radius 1 is 1.14 bits per heavy atom. The SMILES string of the molecule is C=C(C)C(=O)OCCOC(=O)/C=C(/C)O.[Pt].[c-]1ccccc1-c1ccccn1. The molecule has 2 aromatic rings. The van der Waals surface area contributed by atoms with Crippen LogP contribution >= 0.6 is 0 Å². The third-order valence-electron chi connectivity index (χ3n) is 2.89. The molecule has 0 saturated heterocycles. The quantitative estimate of drug-likeness (QED) is 0.190. The van der Waals surface area contributed by atoms with E-state index in [4.69, 9.17) is 5.11 Å². The number of carbonyl (C=O) groups is 2. The van der Waals surface area contributed by atoms with Gasteiger partial charge >= 0.3 is 11.9 Å². The van der Waals surface area contributed by atoms with Crippen LogP contribution in [0, 0.1) is 6.07 Å². The third-order valence-corrected chi connectivity index (χ3v) is 2.89. The number of nitrogens with zero attached hydrogens (tertiary/aromatic N) is 1. The Bertz CT molecular complexity index is 734. The summed E-state index contributed by atoms with van der Waals surface area (Å²) < 4.78 is 9.26. The van der Waals surface area contributed by atoms with Crippen LogP contribution in [-0.2, 0) is 40.1 Å². The molecule has 1 aromatic heterocycles. The zero-order chi connectivity index (χ0) is 20.1. The molecule has 0 spiro atoms. The summed E-state index contributed by atoms with van der Waals surface area (Å²) in [5.41, 5.74) is 2.30. The van der Waals surface area contributed by atoms with Crippen LogP contribution in [0.4, 0.5) is 0 Å². The van der Waals surface area contributed by atoms with E-state index in [9.17, 15) is 9.59 Å². The van der Waals surface area contributed by atoms with Gasteiger partial charge in [-0.15, -0.1) is 35.9 Å². The molecule has 0 atom stereocenters. The number of carbonyl (C=O) groups excluding carboxylic acids is 2. The van der Waals surface area contributed by atoms with Crippen LogP contribution < -0.4 is 0 Å². The van der Waals surface area contributed by atoms with Crippen molar-refractivity contribution in [1.29, 1.82) is 0 Å². The Balaban J connectivity index is 0.000000510. The molecule has 1 aromatic carbocycles. The van der Waals surface area contributed by atoms with Crippen molar-refractivity contribution < 1.29 is 45.2 Å². The zero-order valence-electron chi connectivity index (χ0n) is 15.7. The van der Waals surface area contributed by atoms with Gasteiger partial charge in [-0.2, -0.15) is 0 Å². The Kier molecular flexibility index (Phi) is 13.0. The maximum absolute atomic E-state index is 10.9. The van der Waals surface area contributed by atoms with Crippen LogP contribution in [0.3, 0.4) is 0 Å². The van der Waals surface area contributed by atoms with Crippen molar-refractivity contribution in [1.82, 2.24) is 4.98 Å². The van der Waals surface area contributed by atoms with Gasteiger partial charge in [-0.05, 0) is 25.6 Å². The fourth-order valence-electron chi connectivity index (χ4n) is 1.69. The first kappa shape index (κ1) is 25.3. The number of hydrogen-bond donors (Lipinski definition) is 1. The van der Waals surface area contributed by atoms with E-state index in [-0.39, 0.29) is 45.6 Å². The average Bonchev–Trinajstić information content (AvgIpc) is 2.66. The molecule has 7 heteroatoms. The first-order valence-electron chi connectivity index (χ1n) is 8.15. The molecule has 0 unspecified atom stereocenters. The van der Waals surface area contributed by atoms with Crippen molar-refractivity contribution in [3.05, 3.63) is 78.7 Å². The van der Waals surface area contributed by atoms with Gasteiger partial charge in [-0.25, -0.2) is 9.59 Å². The second-order valence-corrected chi connectivity index (χ2v) is 5.36. The van der Waals surface area contributed by atoms with E-state index in [1.165, 1.54) is 13.8 Å². The van der Waals surface area contributed by atoms with Crippen molar-refractivity contribution in [2.75, 3.05) is 13.2 Å². The molecule has 6 nitrogen and oxygen atoms in total. The minimum atomic E-state index is -0.679. The summed E-state index contributed by atoms with van der Waals surface area (Å²) in [5, 5.41) is 8.70. The first-order chi connectivity index (χ1) is 12.9. The van der Waals surface area contributed by atoms with Gasteiger partial charge in [0.2, 0.25) is 0 Å². The van der Waals surface area contributed by atoms with Crippen molar-refractivity contribution in [2.45, 2.75) is 13.8 Å². The number of pyridine rings is 1. The molecule has 0 radical (unpaired) electrons. The van der Waals surface area contributed by atoms with Gasteiger partial charge in [0.15, 0.2) is 0 Å². The molecule has 0 saturated carbocycles. The number of allylic oxidation sites excluding steroid dienone is 1. The molecular formula is C21H22NO5Pt-. The van der Waals surface area contributed by atoms with E-state index in [2.05, 4.69) is 27.1 Å². The fraction of sp³-hybridized carbons (Fsp3) is 0.190. The Morgan fingerprint density at radius 2 is 1.82 bits per heavy atom. The van der Waals surface area contributed by atoms with E-state index < -0.39 is 11.9 Å². The molecule has 0 amide bonds. The summed E-state index contributed by atoms with van der Waals surface area (Å²) >= 11 is 0. The molecule has 0 fully saturated rings. The van der Waals surface area contributed by atoms with E-state index in [1.807, 2.05) is 42.5 Å². The van der Waals surface area contributed by atoms with Crippen molar-refractivity contribution >= 4 is 11.9 Å². The zero-order valence-corrected chi connectivity index (χ0v) is 17.9. The van der Waals surface area contributed by atoms with Crippen LogP contribution in [0.1, 0.15) is 13.8 Å². The van der Waals surface area contributed by atoms with Crippen LogP contribution in [0.15, 0.2) is 72.6 Å². The average molecular weight is 563 g/mol. The van der Waals surface area contributed by atoms with Crippen LogP contribution in [0.5, 0.6) is 0 Å². The number of ether oxygens (including phenoxy) is 2. The van der Waals surface area contributed by atoms with Gasteiger partial charge in [0, 0.05) is 32.8 Å². The fourth-order valence-corrected chi connectivity index (χ4v) is 1.69. The summed E-state index contributed by atoms with van der Waals surface area (Å²) in [6, 6.07) is 16.8. The van der Waals surface area contributed by atoms with Gasteiger partial charge < -0.3 is 19.6 Å². The smallest absolute Gasteiger partial charge is 0.334 e. The number of hydrogen-bond acceptors (Lipinski definition) is 6. The molecule has 0 aliphatic heterocycles. The van der Waals surface area contributed by atoms with Crippen LogP contribution in [0.2, 0.25) is 0 Å². The largest absolute Gasteiger partial charge is 0.512 e. The number of benzene rings is 1. The van der Waals surface area contributed by atoms with Crippen molar-refractivity contribution in [2.24, 2.45) is 0 Å². The standard InChI is InChI=1S/C11H8N.C10H14O5.Pt/c1-2-6-10(7-3-1)11-8-4-5-9-12-11;1-7(2)10(13)15-5-4-14-9(12)6-8(3)11;/h1-6,8-9H;6,11H,1,4-5H2,2-3H3;/q-1;;/b;8-6-;. The number of aliphatic hydroxyl groups excluding tert-OH is 1. The molecule has 0 aliphatic rings. The number of aromatic nitrogens is 1. The summed E-state index contributed by atoms with van der Waals surface area (Å²) in [6.45, 7) is 6.17. The molecule has 28 heavy (non-hydrogen) atoms. The predicted molar refractivity (Wildman–Crippen MR) is 102 cm³/mol. The summed E-state index contributed by atoms with van der Waals surface area (Å²) in [4.78, 5) is 25.9. The van der Waals surface area contributed by atoms with Gasteiger partial charge in [0.05, 0.1) is 11.8 Å². The van der Waals surface area contributed by atoms with Gasteiger partial charge in [0.25, 0.3) is 0 Å². The first-order valence-corrected chi connectivity index (χ1v) is 8.15. The van der Waals surface area contributed by atoms with Crippen LogP contribution in [-0.4, -0.2) is 35.2 Å². The normalized spacial score (nSPS) is 9.86. The number of aliphatic hydroxyl groups is 1. The van der Waals surface area contributed by atoms with Gasteiger partial charge in [-0.3, -0.25) is 0 Å². The van der Waals surface area contributed by atoms with Crippen LogP contribution in [0.25, 0.3) is 11.3 Å². The summed E-state index contributed by atoms with van der Waals surface area (Å²) in [5.74, 6) is -1.35. The maximum Gasteiger partial charge on any atom is 0.334 e. The van der Waals surface area contributed by atoms with E-state index in [1.54, 1.807) is 6.20 Å². The van der Waals surface area contributed by atoms with Gasteiger partial charge in [0.1, 0.15) is 13.2 Å². The van der Waals surface area contributed by atoms with E-state index in [0.29, 0.717) is 0 Å². The second-order valence-electron chi connectivity index (χ2n) is 5.36. The molecule has 1 heterocycles.